The van der Waals surface area contributed by atoms with Crippen molar-refractivity contribution in [2.24, 2.45) is 17.8 Å². The number of aryl methyl sites for hydroxylation is 1. The Labute approximate surface area is 115 Å². The van der Waals surface area contributed by atoms with Gasteiger partial charge in [0.25, 0.3) is 0 Å². The molecule has 1 aromatic rings. The largest absolute Gasteiger partial charge is 0.326 e. The van der Waals surface area contributed by atoms with Gasteiger partial charge in [-0.1, -0.05) is 25.5 Å². The van der Waals surface area contributed by atoms with Gasteiger partial charge in [0, 0.05) is 12.1 Å². The van der Waals surface area contributed by atoms with Crippen LogP contribution in [0.5, 0.6) is 0 Å². The van der Waals surface area contributed by atoms with E-state index >= 15 is 0 Å². The van der Waals surface area contributed by atoms with Crippen LogP contribution in [0.3, 0.4) is 0 Å². The van der Waals surface area contributed by atoms with Crippen LogP contribution in [-0.2, 0) is 11.2 Å². The Balaban J connectivity index is 1.53. The highest BCUT2D eigenvalue weighted by Crippen LogP contribution is 2.49. The van der Waals surface area contributed by atoms with Crippen LogP contribution in [0.2, 0.25) is 0 Å². The highest BCUT2D eigenvalue weighted by molar-refractivity contribution is 5.90. The minimum Gasteiger partial charge on any atom is -0.326 e. The van der Waals surface area contributed by atoms with Crippen molar-refractivity contribution in [1.82, 2.24) is 0 Å². The van der Waals surface area contributed by atoms with Crippen molar-refractivity contribution in [2.45, 2.75) is 45.4 Å². The Morgan fingerprint density at radius 1 is 1.21 bits per heavy atom. The van der Waals surface area contributed by atoms with Crippen molar-refractivity contribution in [2.75, 3.05) is 5.32 Å². The number of benzene rings is 1. The maximum atomic E-state index is 12.1. The van der Waals surface area contributed by atoms with Crippen molar-refractivity contribution < 1.29 is 4.79 Å². The molecule has 2 heteroatoms. The minimum absolute atomic E-state index is 0.196. The third-order valence-electron chi connectivity index (χ3n) is 4.98. The van der Waals surface area contributed by atoms with Crippen LogP contribution >= 0.6 is 0 Å². The van der Waals surface area contributed by atoms with E-state index in [1.807, 2.05) is 12.1 Å². The van der Waals surface area contributed by atoms with Crippen molar-refractivity contribution in [3.8, 4) is 0 Å². The molecule has 3 atom stereocenters. The van der Waals surface area contributed by atoms with Crippen LogP contribution in [0, 0.1) is 17.8 Å². The molecule has 1 amide bonds. The van der Waals surface area contributed by atoms with E-state index in [4.69, 9.17) is 0 Å². The molecule has 1 N–H and O–H groups in total. The molecule has 0 aromatic heterocycles. The van der Waals surface area contributed by atoms with E-state index in [1.165, 1.54) is 31.2 Å². The highest BCUT2D eigenvalue weighted by Gasteiger charge is 2.40. The fourth-order valence-corrected chi connectivity index (χ4v) is 3.90. The third kappa shape index (κ3) is 2.83. The number of nitrogens with one attached hydrogen (secondary N) is 1. The third-order valence-corrected chi connectivity index (χ3v) is 4.98. The van der Waals surface area contributed by atoms with Crippen LogP contribution in [0.25, 0.3) is 0 Å². The number of anilines is 1. The second-order valence-electron chi connectivity index (χ2n) is 6.24. The summed E-state index contributed by atoms with van der Waals surface area (Å²) in [6.45, 7) is 2.14. The fourth-order valence-electron chi connectivity index (χ4n) is 3.90. The summed E-state index contributed by atoms with van der Waals surface area (Å²) in [6.07, 6.45) is 7.18. The molecule has 0 radical (unpaired) electrons. The Kier molecular flexibility index (Phi) is 3.58. The number of carbonyl (C=O) groups is 1. The molecule has 102 valence electrons. The lowest BCUT2D eigenvalue weighted by molar-refractivity contribution is -0.117. The van der Waals surface area contributed by atoms with Crippen molar-refractivity contribution in [3.63, 3.8) is 0 Å². The predicted octanol–water partition coefficient (Wildman–Crippen LogP) is 4.01. The summed E-state index contributed by atoms with van der Waals surface area (Å²) in [4.78, 5) is 12.1. The molecular weight excluding hydrogens is 234 g/mol. The van der Waals surface area contributed by atoms with Crippen LogP contribution in [0.15, 0.2) is 24.3 Å². The number of amides is 1. The summed E-state index contributed by atoms with van der Waals surface area (Å²) in [7, 11) is 0. The van der Waals surface area contributed by atoms with E-state index in [0.717, 1.165) is 30.4 Å². The van der Waals surface area contributed by atoms with Crippen molar-refractivity contribution in [1.29, 1.82) is 0 Å². The second kappa shape index (κ2) is 5.36. The van der Waals surface area contributed by atoms with E-state index in [0.29, 0.717) is 5.92 Å². The quantitative estimate of drug-likeness (QED) is 0.867. The molecule has 2 aliphatic carbocycles. The zero-order chi connectivity index (χ0) is 13.2. The number of fused-ring (bicyclic) bond motifs is 2. The molecule has 3 rings (SSSR count). The second-order valence-corrected chi connectivity index (χ2v) is 6.24. The van der Waals surface area contributed by atoms with Gasteiger partial charge in [-0.05, 0) is 61.1 Å². The molecule has 2 nitrogen and oxygen atoms in total. The first kappa shape index (κ1) is 12.7. The molecule has 0 aliphatic heterocycles. The van der Waals surface area contributed by atoms with E-state index in [9.17, 15) is 4.79 Å². The first-order chi connectivity index (χ1) is 9.24. The minimum atomic E-state index is 0.196. The molecule has 2 bridgehead atoms. The molecule has 0 saturated heterocycles. The molecule has 2 saturated carbocycles. The number of carbonyl (C=O) groups excluding carboxylic acids is 1. The topological polar surface area (TPSA) is 29.1 Å². The van der Waals surface area contributed by atoms with Gasteiger partial charge < -0.3 is 5.32 Å². The Morgan fingerprint density at radius 3 is 2.58 bits per heavy atom. The molecule has 0 spiro atoms. The normalized spacial score (nSPS) is 28.6. The van der Waals surface area contributed by atoms with Gasteiger partial charge in [-0.2, -0.15) is 0 Å². The van der Waals surface area contributed by atoms with E-state index < -0.39 is 0 Å². The monoisotopic (exact) mass is 257 g/mol. The summed E-state index contributed by atoms with van der Waals surface area (Å²) in [5.41, 5.74) is 2.25. The standard InChI is InChI=1S/C17H23NO/c1-2-12-4-7-16(8-5-12)18-17(19)11-15-10-13-3-6-14(15)9-13/h4-5,7-8,13-15H,2-3,6,9-11H2,1H3,(H,18,19). The predicted molar refractivity (Wildman–Crippen MR) is 78.0 cm³/mol. The average Bonchev–Trinajstić information content (AvgIpc) is 3.02. The highest BCUT2D eigenvalue weighted by atomic mass is 16.1. The lowest BCUT2D eigenvalue weighted by Crippen LogP contribution is -2.20. The number of rotatable bonds is 4. The average molecular weight is 257 g/mol. The molecule has 0 heterocycles. The lowest BCUT2D eigenvalue weighted by Gasteiger charge is -2.20. The SMILES string of the molecule is CCc1ccc(NC(=O)CC2CC3CCC2C3)cc1. The molecular formula is C17H23NO. The molecule has 2 fully saturated rings. The van der Waals surface area contributed by atoms with Crippen LogP contribution < -0.4 is 5.32 Å². The number of hydrogen-bond acceptors (Lipinski definition) is 1. The molecule has 1 aromatic carbocycles. The lowest BCUT2D eigenvalue weighted by atomic mass is 9.86. The van der Waals surface area contributed by atoms with Gasteiger partial charge in [0.15, 0.2) is 0 Å². The van der Waals surface area contributed by atoms with Crippen molar-refractivity contribution >= 4 is 11.6 Å². The summed E-state index contributed by atoms with van der Waals surface area (Å²) in [6, 6.07) is 8.20. The summed E-state index contributed by atoms with van der Waals surface area (Å²) < 4.78 is 0. The van der Waals surface area contributed by atoms with Gasteiger partial charge in [0.2, 0.25) is 5.91 Å². The van der Waals surface area contributed by atoms with Gasteiger partial charge in [-0.3, -0.25) is 4.79 Å². The van der Waals surface area contributed by atoms with Crippen LogP contribution in [-0.4, -0.2) is 5.91 Å². The van der Waals surface area contributed by atoms with Gasteiger partial charge in [0.1, 0.15) is 0 Å². The Bertz CT molecular complexity index is 451. The van der Waals surface area contributed by atoms with Gasteiger partial charge in [0.05, 0.1) is 0 Å². The van der Waals surface area contributed by atoms with Gasteiger partial charge in [-0.25, -0.2) is 0 Å². The maximum Gasteiger partial charge on any atom is 0.224 e. The zero-order valence-electron chi connectivity index (χ0n) is 11.7. The molecule has 2 aliphatic rings. The van der Waals surface area contributed by atoms with Crippen molar-refractivity contribution in [3.05, 3.63) is 29.8 Å². The van der Waals surface area contributed by atoms with E-state index in [-0.39, 0.29) is 5.91 Å². The molecule has 3 unspecified atom stereocenters. The summed E-state index contributed by atoms with van der Waals surface area (Å²) in [5, 5.41) is 3.04. The summed E-state index contributed by atoms with van der Waals surface area (Å²) >= 11 is 0. The maximum absolute atomic E-state index is 12.1. The molecule has 19 heavy (non-hydrogen) atoms. The van der Waals surface area contributed by atoms with E-state index in [1.54, 1.807) is 0 Å². The smallest absolute Gasteiger partial charge is 0.224 e. The fraction of sp³-hybridized carbons (Fsp3) is 0.588. The van der Waals surface area contributed by atoms with Crippen LogP contribution in [0.1, 0.15) is 44.6 Å². The zero-order valence-corrected chi connectivity index (χ0v) is 11.7. The Hall–Kier alpha value is -1.31. The van der Waals surface area contributed by atoms with Gasteiger partial charge in [-0.15, -0.1) is 0 Å². The Morgan fingerprint density at radius 2 is 2.00 bits per heavy atom. The number of hydrogen-bond donors (Lipinski definition) is 1. The first-order valence-electron chi connectivity index (χ1n) is 7.63. The van der Waals surface area contributed by atoms with Crippen LogP contribution in [0.4, 0.5) is 5.69 Å². The van der Waals surface area contributed by atoms with E-state index in [2.05, 4.69) is 24.4 Å². The summed E-state index contributed by atoms with van der Waals surface area (Å²) in [5.74, 6) is 2.60. The van der Waals surface area contributed by atoms with Gasteiger partial charge >= 0.3 is 0 Å². The first-order valence-corrected chi connectivity index (χ1v) is 7.63.